The molecule has 1 unspecified atom stereocenters. The Hall–Kier alpha value is -0.200. The molecule has 5 heteroatoms. The van der Waals surface area contributed by atoms with Crippen LogP contribution in [0.2, 0.25) is 0 Å². The van der Waals surface area contributed by atoms with Gasteiger partial charge >= 0.3 is 0 Å². The molecule has 0 amide bonds. The summed E-state index contributed by atoms with van der Waals surface area (Å²) in [5, 5.41) is 11.4. The average Bonchev–Trinajstić information content (AvgIpc) is 2.86. The van der Waals surface area contributed by atoms with Gasteiger partial charge in [-0.2, -0.15) is 0 Å². The zero-order valence-corrected chi connectivity index (χ0v) is 17.2. The summed E-state index contributed by atoms with van der Waals surface area (Å²) in [5.74, 6) is 1.41. The molecule has 6 rings (SSSR count). The molecule has 2 saturated heterocycles. The van der Waals surface area contributed by atoms with E-state index in [1.807, 2.05) is 0 Å². The average molecular weight is 393 g/mol. The lowest BCUT2D eigenvalue weighted by Crippen LogP contribution is -2.64. The predicted octanol–water partition coefficient (Wildman–Crippen LogP) is 3.49. The number of ether oxygens (including phenoxy) is 4. The topological polar surface area (TPSA) is 57.2 Å². The van der Waals surface area contributed by atoms with E-state index in [-0.39, 0.29) is 17.8 Å². The Balaban J connectivity index is 1.43. The van der Waals surface area contributed by atoms with Crippen molar-refractivity contribution in [3.63, 3.8) is 0 Å². The fourth-order valence-electron chi connectivity index (χ4n) is 8.95. The third-order valence-electron chi connectivity index (χ3n) is 10.0. The van der Waals surface area contributed by atoms with Crippen molar-refractivity contribution >= 4 is 0 Å². The number of hydrogen-bond acceptors (Lipinski definition) is 5. The molecule has 4 saturated carbocycles. The Morgan fingerprint density at radius 2 is 1.57 bits per heavy atom. The van der Waals surface area contributed by atoms with Gasteiger partial charge in [0, 0.05) is 6.42 Å². The molecule has 28 heavy (non-hydrogen) atoms. The standard InChI is InChI=1S/C23H36O5/c1-21-7-3-2-4-15(21)14-18(24)19-16(21)5-8-22-17(19)6-9-23(22)27-12-10-25-20(22)26-11-13-28-23/h15-20,24H,2-14H2,1H3/t15?,16-,17-,18+,19+,20?,21-,22-,23?/m0/s1. The second kappa shape index (κ2) is 6.40. The van der Waals surface area contributed by atoms with E-state index in [0.717, 1.165) is 32.1 Å². The number of aliphatic hydroxyl groups is 1. The van der Waals surface area contributed by atoms with Crippen molar-refractivity contribution in [2.75, 3.05) is 26.4 Å². The van der Waals surface area contributed by atoms with Crippen LogP contribution in [-0.2, 0) is 18.9 Å². The monoisotopic (exact) mass is 392 g/mol. The highest BCUT2D eigenvalue weighted by molar-refractivity contribution is 5.17. The molecule has 4 aliphatic carbocycles. The number of fused-ring (bicyclic) bond motifs is 4. The molecule has 0 radical (unpaired) electrons. The lowest BCUT2D eigenvalue weighted by molar-refractivity contribution is -0.323. The SMILES string of the molecule is C[C@]12CCCCC1C[C@@H](O)[C@@H]1[C@@H]2CC[C@]23C4OCCOC2(CC[C@@H]13)OCCO4. The molecule has 2 aliphatic heterocycles. The molecular formula is C23H36O5. The second-order valence-corrected chi connectivity index (χ2v) is 10.7. The minimum absolute atomic E-state index is 0.205. The summed E-state index contributed by atoms with van der Waals surface area (Å²) in [6.07, 6.45) is 10.0. The predicted molar refractivity (Wildman–Crippen MR) is 102 cm³/mol. The Labute approximate surface area is 168 Å². The van der Waals surface area contributed by atoms with Crippen molar-refractivity contribution in [2.45, 2.75) is 82.9 Å². The molecule has 5 nitrogen and oxygen atoms in total. The summed E-state index contributed by atoms with van der Waals surface area (Å²) >= 11 is 0. The molecule has 2 bridgehead atoms. The highest BCUT2D eigenvalue weighted by Crippen LogP contribution is 2.71. The Morgan fingerprint density at radius 3 is 2.36 bits per heavy atom. The van der Waals surface area contributed by atoms with Crippen LogP contribution in [0.5, 0.6) is 0 Å². The first-order valence-electron chi connectivity index (χ1n) is 11.8. The van der Waals surface area contributed by atoms with Crippen molar-refractivity contribution < 1.29 is 24.1 Å². The highest BCUT2D eigenvalue weighted by Gasteiger charge is 2.73. The van der Waals surface area contributed by atoms with E-state index in [1.54, 1.807) is 0 Å². The van der Waals surface area contributed by atoms with Gasteiger partial charge in [0.25, 0.3) is 0 Å². The summed E-state index contributed by atoms with van der Waals surface area (Å²) in [6, 6.07) is 0. The first kappa shape index (κ1) is 18.6. The van der Waals surface area contributed by atoms with Gasteiger partial charge in [-0.3, -0.25) is 0 Å². The van der Waals surface area contributed by atoms with Crippen LogP contribution in [0.1, 0.15) is 64.7 Å². The lowest BCUT2D eigenvalue weighted by atomic mass is 9.44. The molecule has 2 heterocycles. The first-order valence-corrected chi connectivity index (χ1v) is 11.8. The maximum absolute atomic E-state index is 11.4. The maximum Gasteiger partial charge on any atom is 0.179 e. The van der Waals surface area contributed by atoms with Crippen LogP contribution in [0.3, 0.4) is 0 Å². The van der Waals surface area contributed by atoms with E-state index in [9.17, 15) is 5.11 Å². The molecule has 158 valence electrons. The molecule has 1 N–H and O–H groups in total. The van der Waals surface area contributed by atoms with Gasteiger partial charge in [-0.1, -0.05) is 19.8 Å². The third kappa shape index (κ3) is 2.21. The molecule has 0 aromatic heterocycles. The Morgan fingerprint density at radius 1 is 0.821 bits per heavy atom. The van der Waals surface area contributed by atoms with Crippen LogP contribution in [0.4, 0.5) is 0 Å². The van der Waals surface area contributed by atoms with Gasteiger partial charge in [0.2, 0.25) is 0 Å². The van der Waals surface area contributed by atoms with Crippen molar-refractivity contribution in [3.05, 3.63) is 0 Å². The van der Waals surface area contributed by atoms with E-state index in [2.05, 4.69) is 6.92 Å². The van der Waals surface area contributed by atoms with E-state index < -0.39 is 5.79 Å². The number of hydrogen-bond donors (Lipinski definition) is 1. The fraction of sp³-hybridized carbons (Fsp3) is 1.00. The van der Waals surface area contributed by atoms with E-state index in [4.69, 9.17) is 18.9 Å². The largest absolute Gasteiger partial charge is 0.393 e. The molecule has 1 spiro atoms. The minimum atomic E-state index is -0.579. The van der Waals surface area contributed by atoms with E-state index in [1.165, 1.54) is 25.7 Å². The summed E-state index contributed by atoms with van der Waals surface area (Å²) < 4.78 is 25.4. The van der Waals surface area contributed by atoms with E-state index >= 15 is 0 Å². The maximum atomic E-state index is 11.4. The van der Waals surface area contributed by atoms with Gasteiger partial charge in [-0.15, -0.1) is 0 Å². The van der Waals surface area contributed by atoms with Gasteiger partial charge in [-0.05, 0) is 67.6 Å². The van der Waals surface area contributed by atoms with Crippen LogP contribution in [0.25, 0.3) is 0 Å². The lowest BCUT2D eigenvalue weighted by Gasteiger charge is -2.63. The summed E-state index contributed by atoms with van der Waals surface area (Å²) in [6.45, 7) is 4.83. The molecule has 7 atom stereocenters. The first-order chi connectivity index (χ1) is 13.6. The van der Waals surface area contributed by atoms with Crippen molar-refractivity contribution in [3.8, 4) is 0 Å². The van der Waals surface area contributed by atoms with E-state index in [0.29, 0.717) is 55.5 Å². The smallest absolute Gasteiger partial charge is 0.179 e. The summed E-state index contributed by atoms with van der Waals surface area (Å²) in [4.78, 5) is 0. The van der Waals surface area contributed by atoms with Gasteiger partial charge in [0.15, 0.2) is 12.1 Å². The number of rotatable bonds is 0. The third-order valence-corrected chi connectivity index (χ3v) is 10.0. The van der Waals surface area contributed by atoms with Crippen LogP contribution in [0, 0.1) is 34.5 Å². The van der Waals surface area contributed by atoms with Crippen molar-refractivity contribution in [1.82, 2.24) is 0 Å². The molecular weight excluding hydrogens is 356 g/mol. The number of aliphatic hydroxyl groups excluding tert-OH is 1. The zero-order valence-electron chi connectivity index (χ0n) is 17.2. The normalized spacial score (nSPS) is 58.5. The van der Waals surface area contributed by atoms with Crippen LogP contribution in [0.15, 0.2) is 0 Å². The van der Waals surface area contributed by atoms with Crippen molar-refractivity contribution in [1.29, 1.82) is 0 Å². The highest BCUT2D eigenvalue weighted by atomic mass is 16.8. The zero-order chi connectivity index (χ0) is 19.0. The Bertz CT molecular complexity index is 612. The van der Waals surface area contributed by atoms with Gasteiger partial charge in [-0.25, -0.2) is 0 Å². The molecule has 6 aliphatic rings. The van der Waals surface area contributed by atoms with Crippen LogP contribution >= 0.6 is 0 Å². The quantitative estimate of drug-likeness (QED) is 0.684. The van der Waals surface area contributed by atoms with Gasteiger partial charge in [0.05, 0.1) is 37.9 Å². The van der Waals surface area contributed by atoms with Gasteiger partial charge in [0.1, 0.15) is 0 Å². The molecule has 0 aromatic carbocycles. The van der Waals surface area contributed by atoms with Crippen molar-refractivity contribution in [2.24, 2.45) is 34.5 Å². The Kier molecular flexibility index (Phi) is 4.24. The van der Waals surface area contributed by atoms with Crippen LogP contribution in [-0.4, -0.2) is 49.7 Å². The summed E-state index contributed by atoms with van der Waals surface area (Å²) in [5.41, 5.74) is 0.124. The van der Waals surface area contributed by atoms with Gasteiger partial charge < -0.3 is 24.1 Å². The summed E-state index contributed by atoms with van der Waals surface area (Å²) in [7, 11) is 0. The molecule has 0 aromatic rings. The fourth-order valence-corrected chi connectivity index (χ4v) is 8.95. The minimum Gasteiger partial charge on any atom is -0.393 e. The molecule has 6 fully saturated rings. The van der Waals surface area contributed by atoms with Crippen LogP contribution < -0.4 is 0 Å². The second-order valence-electron chi connectivity index (χ2n) is 10.7.